The molecule has 0 amide bonds. The van der Waals surface area contributed by atoms with Crippen molar-refractivity contribution in [2.45, 2.75) is 119 Å². The van der Waals surface area contributed by atoms with Crippen molar-refractivity contribution in [2.75, 3.05) is 13.2 Å². The van der Waals surface area contributed by atoms with Crippen molar-refractivity contribution in [1.29, 1.82) is 0 Å². The van der Waals surface area contributed by atoms with Gasteiger partial charge in [-0.2, -0.15) is 8.75 Å². The van der Waals surface area contributed by atoms with Crippen LogP contribution in [-0.4, -0.2) is 31.9 Å². The third-order valence-electron chi connectivity index (χ3n) is 13.6. The number of ether oxygens (including phenoxy) is 2. The highest BCUT2D eigenvalue weighted by atomic mass is 32.1. The standard InChI is InChI=1S/C62H64N4O2S5/c1-7-9-11-13-15-17-35-67-45-24-20-23-44(38-45)58-57(43-22-19-21-39(3)37-43)64-59-46(27-25-40(4)56(59)63-58)47-29-30-50(70-47)51-32-34-53(72-51)55-61-60(65-73-66-61)54(42(6)62(55)68-36-18-16-14-12-10-8-2)52-33-31-49(71-52)48-28-26-41(5)69-48/h19-34,37-38H,7-18,35-36H2,1-6H3. The van der Waals surface area contributed by atoms with Gasteiger partial charge >= 0.3 is 0 Å². The SMILES string of the molecule is CCCCCCCCOc1cccc(-c2nc3c(C)ccc(-c4ccc(-c5ccc(-c6c(OCCCCCCCC)c(C)c(-c7ccc(-c8ccc(C)s8)s7)c7nsnc67)s5)s4)c3nc2-c2cccc(C)c2)c1. The van der Waals surface area contributed by atoms with Gasteiger partial charge in [0.2, 0.25) is 0 Å². The van der Waals surface area contributed by atoms with Gasteiger partial charge in [0.15, 0.2) is 0 Å². The van der Waals surface area contributed by atoms with Crippen LogP contribution in [0.5, 0.6) is 11.5 Å². The molecular weight excluding hydrogens is 993 g/mol. The van der Waals surface area contributed by atoms with Crippen LogP contribution in [-0.2, 0) is 0 Å². The summed E-state index contributed by atoms with van der Waals surface area (Å²) in [5.74, 6) is 1.79. The van der Waals surface area contributed by atoms with Crippen molar-refractivity contribution in [3.63, 3.8) is 0 Å². The smallest absolute Gasteiger partial charge is 0.133 e. The molecule has 0 unspecified atom stereocenters. The Kier molecular flexibility index (Phi) is 16.6. The minimum Gasteiger partial charge on any atom is -0.494 e. The maximum absolute atomic E-state index is 6.95. The van der Waals surface area contributed by atoms with Gasteiger partial charge in [-0.3, -0.25) is 0 Å². The molecule has 6 nitrogen and oxygen atoms in total. The minimum absolute atomic E-state index is 0.666. The lowest BCUT2D eigenvalue weighted by molar-refractivity contribution is 0.304. The van der Waals surface area contributed by atoms with E-state index in [4.69, 9.17) is 28.2 Å². The number of thiophene rings is 4. The fraction of sp³-hybridized carbons (Fsp3) is 0.323. The van der Waals surface area contributed by atoms with Gasteiger partial charge in [-0.1, -0.05) is 126 Å². The zero-order valence-electron chi connectivity index (χ0n) is 42.9. The van der Waals surface area contributed by atoms with Gasteiger partial charge in [0.05, 0.1) is 52.9 Å². The van der Waals surface area contributed by atoms with Crippen LogP contribution in [0.15, 0.2) is 109 Å². The largest absolute Gasteiger partial charge is 0.494 e. The Morgan fingerprint density at radius 1 is 0.438 bits per heavy atom. The number of aryl methyl sites for hydroxylation is 3. The first kappa shape index (κ1) is 50.9. The molecule has 0 aliphatic carbocycles. The number of hydrogen-bond acceptors (Lipinski definition) is 11. The van der Waals surface area contributed by atoms with Crippen LogP contribution in [0.2, 0.25) is 0 Å². The van der Waals surface area contributed by atoms with Crippen molar-refractivity contribution in [1.82, 2.24) is 18.7 Å². The van der Waals surface area contributed by atoms with E-state index in [1.54, 1.807) is 22.7 Å². The van der Waals surface area contributed by atoms with Gasteiger partial charge in [0.25, 0.3) is 0 Å². The first-order valence-corrected chi connectivity index (χ1v) is 30.2. The Morgan fingerprint density at radius 2 is 0.973 bits per heavy atom. The van der Waals surface area contributed by atoms with Crippen LogP contribution >= 0.6 is 57.1 Å². The number of fused-ring (bicyclic) bond motifs is 2. The molecule has 0 bridgehead atoms. The Labute approximate surface area is 451 Å². The molecule has 6 heterocycles. The topological polar surface area (TPSA) is 70.0 Å². The van der Waals surface area contributed by atoms with Crippen LogP contribution in [0.1, 0.15) is 112 Å². The summed E-state index contributed by atoms with van der Waals surface area (Å²) in [7, 11) is 0. The molecular formula is C62H64N4O2S5. The van der Waals surface area contributed by atoms with E-state index < -0.39 is 0 Å². The summed E-state index contributed by atoms with van der Waals surface area (Å²) in [4.78, 5) is 20.9. The van der Waals surface area contributed by atoms with Crippen LogP contribution in [0, 0.1) is 27.7 Å². The quantitative estimate of drug-likeness (QED) is 0.0595. The summed E-state index contributed by atoms with van der Waals surface area (Å²) >= 11 is 8.55. The highest BCUT2D eigenvalue weighted by molar-refractivity contribution is 7.25. The van der Waals surface area contributed by atoms with E-state index in [9.17, 15) is 0 Å². The Hall–Kier alpha value is -5.56. The van der Waals surface area contributed by atoms with E-state index in [1.807, 2.05) is 22.7 Å². The molecule has 0 fully saturated rings. The van der Waals surface area contributed by atoms with Gasteiger partial charge in [-0.15, -0.1) is 45.3 Å². The molecule has 0 atom stereocenters. The second-order valence-electron chi connectivity index (χ2n) is 19.2. The lowest BCUT2D eigenvalue weighted by atomic mass is 9.98. The molecule has 0 N–H and O–H groups in total. The van der Waals surface area contributed by atoms with E-state index in [0.717, 1.165) is 106 Å². The molecule has 73 heavy (non-hydrogen) atoms. The third kappa shape index (κ3) is 11.4. The molecule has 10 aromatic rings. The first-order valence-electron chi connectivity index (χ1n) is 26.2. The van der Waals surface area contributed by atoms with Gasteiger partial charge in [0.1, 0.15) is 22.5 Å². The maximum atomic E-state index is 6.95. The van der Waals surface area contributed by atoms with Crippen molar-refractivity contribution in [3.05, 3.63) is 131 Å². The fourth-order valence-electron chi connectivity index (χ4n) is 9.72. The second-order valence-corrected chi connectivity index (χ2v) is 24.3. The molecule has 0 spiro atoms. The average molecular weight is 1060 g/mol. The number of hydrogen-bond donors (Lipinski definition) is 0. The Morgan fingerprint density at radius 3 is 1.63 bits per heavy atom. The van der Waals surface area contributed by atoms with Crippen LogP contribution in [0.3, 0.4) is 0 Å². The summed E-state index contributed by atoms with van der Waals surface area (Å²) in [5.41, 5.74) is 14.1. The lowest BCUT2D eigenvalue weighted by Gasteiger charge is -2.17. The fourth-order valence-corrected chi connectivity index (χ4v) is 14.5. The predicted octanol–water partition coefficient (Wildman–Crippen LogP) is 20.3. The Bertz CT molecular complexity index is 3480. The summed E-state index contributed by atoms with van der Waals surface area (Å²) in [6, 6.07) is 39.4. The molecule has 0 saturated heterocycles. The zero-order chi connectivity index (χ0) is 50.3. The molecule has 10 rings (SSSR count). The van der Waals surface area contributed by atoms with E-state index in [-0.39, 0.29) is 0 Å². The van der Waals surface area contributed by atoms with Gasteiger partial charge in [-0.25, -0.2) is 9.97 Å². The molecule has 0 aliphatic heterocycles. The Balaban J connectivity index is 0.988. The lowest BCUT2D eigenvalue weighted by Crippen LogP contribution is -2.02. The van der Waals surface area contributed by atoms with Crippen LogP contribution in [0.4, 0.5) is 0 Å². The van der Waals surface area contributed by atoms with E-state index in [2.05, 4.69) is 151 Å². The highest BCUT2D eigenvalue weighted by Crippen LogP contribution is 2.51. The summed E-state index contributed by atoms with van der Waals surface area (Å²) < 4.78 is 23.3. The van der Waals surface area contributed by atoms with Gasteiger partial charge in [0, 0.05) is 66.8 Å². The van der Waals surface area contributed by atoms with Crippen molar-refractivity contribution >= 4 is 79.1 Å². The minimum atomic E-state index is 0.666. The molecule has 6 aromatic heterocycles. The normalized spacial score (nSPS) is 11.6. The summed E-state index contributed by atoms with van der Waals surface area (Å²) in [6.07, 6.45) is 14.6. The van der Waals surface area contributed by atoms with Gasteiger partial charge < -0.3 is 9.47 Å². The monoisotopic (exact) mass is 1060 g/mol. The third-order valence-corrected chi connectivity index (χ3v) is 18.9. The van der Waals surface area contributed by atoms with Crippen molar-refractivity contribution in [3.8, 4) is 84.8 Å². The predicted molar refractivity (Wildman–Crippen MR) is 317 cm³/mol. The first-order chi connectivity index (χ1) is 35.8. The van der Waals surface area contributed by atoms with E-state index >= 15 is 0 Å². The number of benzene rings is 4. The average Bonchev–Trinajstić information content (AvgIpc) is 4.28. The maximum Gasteiger partial charge on any atom is 0.133 e. The van der Waals surface area contributed by atoms with Crippen LogP contribution in [0.25, 0.3) is 95.4 Å². The second kappa shape index (κ2) is 23.8. The molecule has 0 saturated carbocycles. The zero-order valence-corrected chi connectivity index (χ0v) is 47.0. The summed E-state index contributed by atoms with van der Waals surface area (Å²) in [6.45, 7) is 14.6. The van der Waals surface area contributed by atoms with Crippen LogP contribution < -0.4 is 9.47 Å². The number of aromatic nitrogens is 4. The number of nitrogens with zero attached hydrogens (tertiary/aromatic N) is 4. The number of rotatable bonds is 23. The summed E-state index contributed by atoms with van der Waals surface area (Å²) in [5, 5.41) is 0. The molecule has 374 valence electrons. The van der Waals surface area contributed by atoms with Gasteiger partial charge in [-0.05, 0) is 113 Å². The highest BCUT2D eigenvalue weighted by Gasteiger charge is 2.26. The van der Waals surface area contributed by atoms with Crippen molar-refractivity contribution < 1.29 is 9.47 Å². The van der Waals surface area contributed by atoms with Crippen molar-refractivity contribution in [2.24, 2.45) is 0 Å². The molecule has 11 heteroatoms. The van der Waals surface area contributed by atoms with E-state index in [1.165, 1.54) is 111 Å². The molecule has 4 aromatic carbocycles. The molecule has 0 radical (unpaired) electrons. The van der Waals surface area contributed by atoms with E-state index in [0.29, 0.717) is 13.2 Å². The number of unbranched alkanes of at least 4 members (excludes halogenated alkanes) is 10. The molecule has 0 aliphatic rings.